The third-order valence-electron chi connectivity index (χ3n) is 4.14. The van der Waals surface area contributed by atoms with Crippen LogP contribution in [0.25, 0.3) is 0 Å². The highest BCUT2D eigenvalue weighted by atomic mass is 19.1. The molecule has 2 rings (SSSR count). The van der Waals surface area contributed by atoms with Crippen LogP contribution in [-0.2, 0) is 5.41 Å². The minimum Gasteiger partial charge on any atom is -0.330 e. The molecule has 1 aromatic rings. The van der Waals surface area contributed by atoms with Crippen molar-refractivity contribution in [2.75, 3.05) is 6.54 Å². The molecule has 1 fully saturated rings. The first-order valence-electron chi connectivity index (χ1n) is 6.14. The third kappa shape index (κ3) is 2.08. The lowest BCUT2D eigenvalue weighted by molar-refractivity contribution is 0.103. The van der Waals surface area contributed by atoms with Crippen molar-refractivity contribution in [2.45, 2.75) is 32.1 Å². The number of halogens is 2. The van der Waals surface area contributed by atoms with Crippen LogP contribution >= 0.6 is 0 Å². The van der Waals surface area contributed by atoms with E-state index in [0.717, 1.165) is 18.9 Å². The van der Waals surface area contributed by atoms with Crippen molar-refractivity contribution >= 4 is 0 Å². The van der Waals surface area contributed by atoms with Crippen LogP contribution in [0.2, 0.25) is 0 Å². The Morgan fingerprint density at radius 2 is 2.00 bits per heavy atom. The van der Waals surface area contributed by atoms with Gasteiger partial charge in [-0.1, -0.05) is 19.9 Å². The van der Waals surface area contributed by atoms with Crippen LogP contribution < -0.4 is 5.73 Å². The summed E-state index contributed by atoms with van der Waals surface area (Å²) in [5, 5.41) is 0. The lowest BCUT2D eigenvalue weighted by Crippen LogP contribution is -2.49. The van der Waals surface area contributed by atoms with E-state index in [1.165, 1.54) is 6.07 Å². The van der Waals surface area contributed by atoms with Crippen molar-refractivity contribution in [3.63, 3.8) is 0 Å². The van der Waals surface area contributed by atoms with Crippen LogP contribution in [0.5, 0.6) is 0 Å². The van der Waals surface area contributed by atoms with Gasteiger partial charge in [-0.3, -0.25) is 0 Å². The van der Waals surface area contributed by atoms with Gasteiger partial charge in [-0.05, 0) is 36.3 Å². The largest absolute Gasteiger partial charge is 0.330 e. The van der Waals surface area contributed by atoms with Gasteiger partial charge in [-0.15, -0.1) is 0 Å². The van der Waals surface area contributed by atoms with E-state index in [0.29, 0.717) is 23.9 Å². The summed E-state index contributed by atoms with van der Waals surface area (Å²) in [5.41, 5.74) is 6.12. The van der Waals surface area contributed by atoms with Crippen molar-refractivity contribution in [3.05, 3.63) is 35.4 Å². The molecule has 0 heterocycles. The summed E-state index contributed by atoms with van der Waals surface area (Å²) >= 11 is 0. The van der Waals surface area contributed by atoms with E-state index in [2.05, 4.69) is 13.8 Å². The maximum atomic E-state index is 13.8. The zero-order chi connectivity index (χ0) is 12.6. The maximum absolute atomic E-state index is 13.8. The third-order valence-corrected chi connectivity index (χ3v) is 4.14. The summed E-state index contributed by atoms with van der Waals surface area (Å²) in [5.74, 6) is 0.206. The Morgan fingerprint density at radius 3 is 2.47 bits per heavy atom. The molecule has 0 radical (unpaired) electrons. The Balaban J connectivity index is 2.26. The Morgan fingerprint density at radius 1 is 1.35 bits per heavy atom. The molecule has 2 N–H and O–H groups in total. The van der Waals surface area contributed by atoms with Gasteiger partial charge in [0.1, 0.15) is 11.6 Å². The predicted octanol–water partition coefficient (Wildman–Crippen LogP) is 3.23. The maximum Gasteiger partial charge on any atom is 0.129 e. The molecule has 3 heteroatoms. The van der Waals surface area contributed by atoms with Crippen LogP contribution in [0.1, 0.15) is 32.3 Å². The molecule has 0 unspecified atom stereocenters. The van der Waals surface area contributed by atoms with Crippen LogP contribution in [0, 0.1) is 23.5 Å². The smallest absolute Gasteiger partial charge is 0.129 e. The average Bonchev–Trinajstić information content (AvgIpc) is 2.19. The SMILES string of the molecule is CC(C)C1CC(CN)(c2ccc(F)cc2F)C1. The predicted molar refractivity (Wildman–Crippen MR) is 64.7 cm³/mol. The minimum absolute atomic E-state index is 0.271. The van der Waals surface area contributed by atoms with Gasteiger partial charge in [-0.2, -0.15) is 0 Å². The number of hydrogen-bond donors (Lipinski definition) is 1. The van der Waals surface area contributed by atoms with Gasteiger partial charge in [0.2, 0.25) is 0 Å². The molecule has 0 spiro atoms. The topological polar surface area (TPSA) is 26.0 Å². The van der Waals surface area contributed by atoms with E-state index >= 15 is 0 Å². The van der Waals surface area contributed by atoms with Crippen LogP contribution in [0.4, 0.5) is 8.78 Å². The van der Waals surface area contributed by atoms with Gasteiger partial charge in [0.25, 0.3) is 0 Å². The summed E-state index contributed by atoms with van der Waals surface area (Å²) in [6.07, 6.45) is 1.81. The highest BCUT2D eigenvalue weighted by Crippen LogP contribution is 2.50. The highest BCUT2D eigenvalue weighted by molar-refractivity contribution is 5.31. The standard InChI is InChI=1S/C14H19F2N/c1-9(2)10-6-14(7-10,8-17)12-4-3-11(15)5-13(12)16/h3-5,9-10H,6-8,17H2,1-2H3. The first kappa shape index (κ1) is 12.5. The number of rotatable bonds is 3. The summed E-state index contributed by atoms with van der Waals surface area (Å²) < 4.78 is 26.7. The lowest BCUT2D eigenvalue weighted by atomic mass is 9.56. The zero-order valence-electron chi connectivity index (χ0n) is 10.3. The number of benzene rings is 1. The Bertz CT molecular complexity index is 409. The number of hydrogen-bond acceptors (Lipinski definition) is 1. The van der Waals surface area contributed by atoms with E-state index in [9.17, 15) is 8.78 Å². The first-order chi connectivity index (χ1) is 7.98. The molecule has 0 atom stereocenters. The van der Waals surface area contributed by atoms with Gasteiger partial charge in [0.15, 0.2) is 0 Å². The lowest BCUT2D eigenvalue weighted by Gasteiger charge is -2.49. The molecule has 1 aliphatic rings. The Hall–Kier alpha value is -0.960. The number of nitrogens with two attached hydrogens (primary N) is 1. The fourth-order valence-corrected chi connectivity index (χ4v) is 2.83. The van der Waals surface area contributed by atoms with Gasteiger partial charge in [-0.25, -0.2) is 8.78 Å². The van der Waals surface area contributed by atoms with Gasteiger partial charge < -0.3 is 5.73 Å². The monoisotopic (exact) mass is 239 g/mol. The second kappa shape index (κ2) is 4.37. The Labute approximate surface area is 101 Å². The molecule has 0 bridgehead atoms. The van der Waals surface area contributed by atoms with Crippen molar-refractivity contribution in [2.24, 2.45) is 17.6 Å². The summed E-state index contributed by atoms with van der Waals surface area (Å²) in [6.45, 7) is 4.77. The van der Waals surface area contributed by atoms with Crippen molar-refractivity contribution in [1.82, 2.24) is 0 Å². The quantitative estimate of drug-likeness (QED) is 0.861. The molecular weight excluding hydrogens is 220 g/mol. The van der Waals surface area contributed by atoms with Gasteiger partial charge in [0.05, 0.1) is 0 Å². The molecule has 0 saturated heterocycles. The van der Waals surface area contributed by atoms with Crippen molar-refractivity contribution in [1.29, 1.82) is 0 Å². The molecule has 1 saturated carbocycles. The Kier molecular flexibility index (Phi) is 3.21. The summed E-state index contributed by atoms with van der Waals surface area (Å²) in [4.78, 5) is 0. The molecule has 94 valence electrons. The average molecular weight is 239 g/mol. The van der Waals surface area contributed by atoms with Crippen LogP contribution in [-0.4, -0.2) is 6.54 Å². The minimum atomic E-state index is -0.529. The van der Waals surface area contributed by atoms with Crippen molar-refractivity contribution in [3.8, 4) is 0 Å². The molecule has 17 heavy (non-hydrogen) atoms. The van der Waals surface area contributed by atoms with E-state index in [4.69, 9.17) is 5.73 Å². The fraction of sp³-hybridized carbons (Fsp3) is 0.571. The fourth-order valence-electron chi connectivity index (χ4n) is 2.83. The van der Waals surface area contributed by atoms with Crippen LogP contribution in [0.3, 0.4) is 0 Å². The van der Waals surface area contributed by atoms with Crippen LogP contribution in [0.15, 0.2) is 18.2 Å². The highest BCUT2D eigenvalue weighted by Gasteiger charge is 2.46. The molecule has 0 amide bonds. The molecule has 0 aromatic heterocycles. The van der Waals surface area contributed by atoms with E-state index < -0.39 is 11.6 Å². The molecular formula is C14H19F2N. The molecule has 1 nitrogen and oxygen atoms in total. The van der Waals surface area contributed by atoms with E-state index in [-0.39, 0.29) is 5.41 Å². The van der Waals surface area contributed by atoms with E-state index in [1.807, 2.05) is 0 Å². The van der Waals surface area contributed by atoms with Gasteiger partial charge in [0, 0.05) is 18.0 Å². The van der Waals surface area contributed by atoms with Gasteiger partial charge >= 0.3 is 0 Å². The zero-order valence-corrected chi connectivity index (χ0v) is 10.3. The molecule has 0 aliphatic heterocycles. The normalized spacial score (nSPS) is 28.2. The molecule has 1 aliphatic carbocycles. The summed E-state index contributed by atoms with van der Waals surface area (Å²) in [6, 6.07) is 3.82. The van der Waals surface area contributed by atoms with E-state index in [1.54, 1.807) is 6.07 Å². The molecule has 1 aromatic carbocycles. The van der Waals surface area contributed by atoms with Crippen molar-refractivity contribution < 1.29 is 8.78 Å². The summed E-state index contributed by atoms with van der Waals surface area (Å²) in [7, 11) is 0. The first-order valence-corrected chi connectivity index (χ1v) is 6.14. The second-order valence-electron chi connectivity index (χ2n) is 5.52. The second-order valence-corrected chi connectivity index (χ2v) is 5.52.